The number of aromatic nitrogens is 2. The van der Waals surface area contributed by atoms with Crippen LogP contribution in [-0.2, 0) is 10.0 Å². The van der Waals surface area contributed by atoms with E-state index in [-0.39, 0.29) is 5.56 Å². The molecule has 0 saturated carbocycles. The fraction of sp³-hybridized carbons (Fsp3) is 0. The molecular formula is C23H15ClN4O2S. The van der Waals surface area contributed by atoms with Crippen molar-refractivity contribution in [3.05, 3.63) is 95.5 Å². The summed E-state index contributed by atoms with van der Waals surface area (Å²) in [5, 5.41) is 18.2. The zero-order chi connectivity index (χ0) is 21.8. The van der Waals surface area contributed by atoms with Crippen molar-refractivity contribution in [2.45, 2.75) is 5.03 Å². The Labute approximate surface area is 184 Å². The van der Waals surface area contributed by atoms with Crippen LogP contribution in [0.15, 0.2) is 90.0 Å². The first-order valence-electron chi connectivity index (χ1n) is 9.19. The van der Waals surface area contributed by atoms with Crippen LogP contribution in [-0.4, -0.2) is 18.6 Å². The van der Waals surface area contributed by atoms with Crippen LogP contribution < -0.4 is 4.72 Å². The Morgan fingerprint density at radius 2 is 1.39 bits per heavy atom. The molecule has 0 spiro atoms. The van der Waals surface area contributed by atoms with Crippen LogP contribution in [0.4, 0.5) is 5.69 Å². The highest BCUT2D eigenvalue weighted by molar-refractivity contribution is 7.92. The molecule has 4 rings (SSSR count). The van der Waals surface area contributed by atoms with E-state index in [2.05, 4.69) is 14.9 Å². The number of hydrogen-bond acceptors (Lipinski definition) is 5. The molecule has 1 N–H and O–H groups in total. The Morgan fingerprint density at radius 1 is 0.806 bits per heavy atom. The number of nitriles is 1. The number of anilines is 1. The molecule has 0 fully saturated rings. The molecule has 0 aliphatic carbocycles. The number of halogens is 1. The van der Waals surface area contributed by atoms with Crippen molar-refractivity contribution in [2.75, 3.05) is 4.72 Å². The van der Waals surface area contributed by atoms with Crippen molar-refractivity contribution in [3.63, 3.8) is 0 Å². The lowest BCUT2D eigenvalue weighted by Crippen LogP contribution is -2.18. The van der Waals surface area contributed by atoms with Gasteiger partial charge in [-0.1, -0.05) is 72.3 Å². The zero-order valence-electron chi connectivity index (χ0n) is 16.0. The quantitative estimate of drug-likeness (QED) is 0.458. The molecule has 31 heavy (non-hydrogen) atoms. The molecule has 0 bridgehead atoms. The smallest absolute Gasteiger partial charge is 0.278 e. The molecule has 0 aliphatic heterocycles. The maximum atomic E-state index is 13.1. The highest BCUT2D eigenvalue weighted by atomic mass is 35.5. The van der Waals surface area contributed by atoms with Gasteiger partial charge in [0, 0.05) is 21.8 Å². The fourth-order valence-corrected chi connectivity index (χ4v) is 4.35. The molecule has 3 aromatic carbocycles. The second-order valence-electron chi connectivity index (χ2n) is 6.56. The van der Waals surface area contributed by atoms with Crippen LogP contribution in [0.1, 0.15) is 5.56 Å². The number of sulfonamides is 1. The summed E-state index contributed by atoms with van der Waals surface area (Å²) in [5.41, 5.74) is 2.43. The van der Waals surface area contributed by atoms with Crippen LogP contribution in [0.2, 0.25) is 5.02 Å². The molecule has 0 saturated heterocycles. The van der Waals surface area contributed by atoms with Crippen molar-refractivity contribution in [3.8, 4) is 28.5 Å². The molecular weight excluding hydrogens is 432 g/mol. The maximum Gasteiger partial charge on any atom is 0.282 e. The largest absolute Gasteiger partial charge is 0.282 e. The van der Waals surface area contributed by atoms with Gasteiger partial charge in [0.1, 0.15) is 17.3 Å². The third-order valence-electron chi connectivity index (χ3n) is 4.51. The van der Waals surface area contributed by atoms with Gasteiger partial charge in [-0.15, -0.1) is 10.2 Å². The van der Waals surface area contributed by atoms with Gasteiger partial charge >= 0.3 is 0 Å². The minimum Gasteiger partial charge on any atom is -0.278 e. The number of nitrogens with zero attached hydrogens (tertiary/aromatic N) is 3. The fourth-order valence-electron chi connectivity index (χ4n) is 3.12. The second kappa shape index (κ2) is 8.56. The van der Waals surface area contributed by atoms with Crippen molar-refractivity contribution < 1.29 is 8.42 Å². The second-order valence-corrected chi connectivity index (χ2v) is 8.59. The third kappa shape index (κ3) is 4.26. The summed E-state index contributed by atoms with van der Waals surface area (Å²) in [7, 11) is -4.19. The van der Waals surface area contributed by atoms with Crippen LogP contribution in [0.25, 0.3) is 22.4 Å². The molecule has 0 radical (unpaired) electrons. The summed E-state index contributed by atoms with van der Waals surface area (Å²) < 4.78 is 28.6. The highest BCUT2D eigenvalue weighted by Crippen LogP contribution is 2.35. The van der Waals surface area contributed by atoms with E-state index in [1.54, 1.807) is 24.3 Å². The molecule has 4 aromatic rings. The Kier molecular flexibility index (Phi) is 5.67. The lowest BCUT2D eigenvalue weighted by atomic mass is 9.96. The van der Waals surface area contributed by atoms with Crippen molar-refractivity contribution in [1.29, 1.82) is 5.26 Å². The third-order valence-corrected chi connectivity index (χ3v) is 6.07. The normalized spacial score (nSPS) is 11.0. The van der Waals surface area contributed by atoms with Gasteiger partial charge in [0.15, 0.2) is 0 Å². The van der Waals surface area contributed by atoms with Gasteiger partial charge in [0.25, 0.3) is 10.0 Å². The van der Waals surface area contributed by atoms with Gasteiger partial charge in [-0.25, -0.2) is 0 Å². The molecule has 0 amide bonds. The van der Waals surface area contributed by atoms with E-state index >= 15 is 0 Å². The van der Waals surface area contributed by atoms with Crippen molar-refractivity contribution in [1.82, 2.24) is 10.2 Å². The summed E-state index contributed by atoms with van der Waals surface area (Å²) >= 11 is 5.87. The van der Waals surface area contributed by atoms with E-state index in [1.807, 2.05) is 54.6 Å². The summed E-state index contributed by atoms with van der Waals surface area (Å²) in [6, 6.07) is 26.5. The van der Waals surface area contributed by atoms with E-state index in [4.69, 9.17) is 11.6 Å². The predicted octanol–water partition coefficient (Wildman–Crippen LogP) is 5.14. The minimum absolute atomic E-state index is 0.0819. The molecule has 1 heterocycles. The van der Waals surface area contributed by atoms with Gasteiger partial charge in [-0.3, -0.25) is 4.72 Å². The summed E-state index contributed by atoms with van der Waals surface area (Å²) in [6.45, 7) is 0. The Bertz CT molecular complexity index is 1370. The lowest BCUT2D eigenvalue weighted by molar-refractivity contribution is 0.595. The van der Waals surface area contributed by atoms with Crippen molar-refractivity contribution >= 4 is 27.3 Å². The van der Waals surface area contributed by atoms with E-state index < -0.39 is 15.0 Å². The molecule has 1 aromatic heterocycles. The van der Waals surface area contributed by atoms with Gasteiger partial charge in [0.05, 0.1) is 0 Å². The molecule has 0 aliphatic rings. The van der Waals surface area contributed by atoms with Gasteiger partial charge in [-0.2, -0.15) is 13.7 Å². The average molecular weight is 447 g/mol. The first-order valence-corrected chi connectivity index (χ1v) is 11.1. The SMILES string of the molecule is N#Cc1c(S(=O)(=O)Nc2ccc(Cl)cc2)nnc(-c2ccccc2)c1-c1ccccc1. The molecule has 152 valence electrons. The Hall–Kier alpha value is -3.73. The highest BCUT2D eigenvalue weighted by Gasteiger charge is 2.27. The monoisotopic (exact) mass is 446 g/mol. The molecule has 0 unspecified atom stereocenters. The van der Waals surface area contributed by atoms with Crippen LogP contribution in [0.3, 0.4) is 0 Å². The Morgan fingerprint density at radius 3 is 1.97 bits per heavy atom. The number of hydrogen-bond donors (Lipinski definition) is 1. The topological polar surface area (TPSA) is 95.7 Å². The standard InChI is InChI=1S/C23H15ClN4O2S/c24-18-11-13-19(14-12-18)28-31(29,30)23-20(15-25)21(16-7-3-1-4-8-16)22(26-27-23)17-9-5-2-6-10-17/h1-14,28H. The minimum atomic E-state index is -4.19. The molecule has 6 nitrogen and oxygen atoms in total. The first-order chi connectivity index (χ1) is 15.0. The van der Waals surface area contributed by atoms with E-state index in [1.165, 1.54) is 12.1 Å². The number of rotatable bonds is 5. The van der Waals surface area contributed by atoms with Crippen molar-refractivity contribution in [2.24, 2.45) is 0 Å². The van der Waals surface area contributed by atoms with E-state index in [9.17, 15) is 13.7 Å². The summed E-state index contributed by atoms with van der Waals surface area (Å²) in [5.74, 6) is 0. The molecule has 8 heteroatoms. The molecule has 0 atom stereocenters. The van der Waals surface area contributed by atoms with Crippen LogP contribution in [0, 0.1) is 11.3 Å². The summed E-state index contributed by atoms with van der Waals surface area (Å²) in [6.07, 6.45) is 0. The van der Waals surface area contributed by atoms with Crippen LogP contribution in [0.5, 0.6) is 0 Å². The summed E-state index contributed by atoms with van der Waals surface area (Å²) in [4.78, 5) is 0. The first kappa shape index (κ1) is 20.5. The average Bonchev–Trinajstić information content (AvgIpc) is 2.80. The lowest BCUT2D eigenvalue weighted by Gasteiger charge is -2.14. The number of benzene rings is 3. The van der Waals surface area contributed by atoms with Crippen LogP contribution >= 0.6 is 11.6 Å². The van der Waals surface area contributed by atoms with E-state index in [0.29, 0.717) is 27.5 Å². The Balaban J connectivity index is 1.93. The predicted molar refractivity (Wildman–Crippen MR) is 120 cm³/mol. The number of nitrogens with one attached hydrogen (secondary N) is 1. The van der Waals surface area contributed by atoms with Gasteiger partial charge < -0.3 is 0 Å². The van der Waals surface area contributed by atoms with Gasteiger partial charge in [0.2, 0.25) is 5.03 Å². The van der Waals surface area contributed by atoms with Gasteiger partial charge in [-0.05, 0) is 29.8 Å². The zero-order valence-corrected chi connectivity index (χ0v) is 17.6. The maximum absolute atomic E-state index is 13.1. The van der Waals surface area contributed by atoms with E-state index in [0.717, 1.165) is 5.56 Å².